The first kappa shape index (κ1) is 13.2. The molecule has 0 amide bonds. The Bertz CT molecular complexity index is 770. The standard InChI is InChI=1S/C15H14FN5/c1-9(12-4-2-3-7-18-12)19-14-11-6-5-10(16)8-13(11)20-15(17)21-14/h2-9H,1H3,(H3,17,19,20,21)/t9-/m1/s1. The highest BCUT2D eigenvalue weighted by atomic mass is 19.1. The predicted octanol–water partition coefficient (Wildman–Crippen LogP) is 2.92. The number of nitrogens with two attached hydrogens (primary N) is 1. The van der Waals surface area contributed by atoms with Gasteiger partial charge in [0.1, 0.15) is 11.6 Å². The molecule has 106 valence electrons. The van der Waals surface area contributed by atoms with E-state index in [1.165, 1.54) is 12.1 Å². The molecule has 3 rings (SSSR count). The van der Waals surface area contributed by atoms with Crippen molar-refractivity contribution in [2.45, 2.75) is 13.0 Å². The first-order valence-corrected chi connectivity index (χ1v) is 6.54. The molecule has 2 aromatic heterocycles. The van der Waals surface area contributed by atoms with E-state index in [9.17, 15) is 4.39 Å². The molecule has 3 N–H and O–H groups in total. The molecule has 0 aliphatic carbocycles. The molecule has 0 radical (unpaired) electrons. The van der Waals surface area contributed by atoms with Crippen molar-refractivity contribution in [2.75, 3.05) is 11.1 Å². The summed E-state index contributed by atoms with van der Waals surface area (Å²) in [6.45, 7) is 1.97. The maximum Gasteiger partial charge on any atom is 0.222 e. The van der Waals surface area contributed by atoms with Crippen molar-refractivity contribution in [3.05, 3.63) is 54.1 Å². The number of rotatable bonds is 3. The second-order valence-corrected chi connectivity index (χ2v) is 4.71. The molecule has 0 aliphatic heterocycles. The van der Waals surface area contributed by atoms with Crippen LogP contribution in [0.1, 0.15) is 18.7 Å². The Morgan fingerprint density at radius 2 is 2.05 bits per heavy atom. The van der Waals surface area contributed by atoms with Gasteiger partial charge in [0.15, 0.2) is 0 Å². The summed E-state index contributed by atoms with van der Waals surface area (Å²) in [5.41, 5.74) is 7.04. The highest BCUT2D eigenvalue weighted by Crippen LogP contribution is 2.25. The van der Waals surface area contributed by atoms with Crippen molar-refractivity contribution in [3.8, 4) is 0 Å². The van der Waals surface area contributed by atoms with E-state index in [2.05, 4.69) is 20.3 Å². The smallest absolute Gasteiger partial charge is 0.222 e. The van der Waals surface area contributed by atoms with Crippen LogP contribution in [-0.2, 0) is 0 Å². The van der Waals surface area contributed by atoms with Gasteiger partial charge >= 0.3 is 0 Å². The van der Waals surface area contributed by atoms with Gasteiger partial charge in [-0.3, -0.25) is 4.98 Å². The van der Waals surface area contributed by atoms with Crippen molar-refractivity contribution in [3.63, 3.8) is 0 Å². The summed E-state index contributed by atoms with van der Waals surface area (Å²) in [5, 5.41) is 3.96. The van der Waals surface area contributed by atoms with Gasteiger partial charge in [-0.25, -0.2) is 9.37 Å². The largest absolute Gasteiger partial charge is 0.368 e. The van der Waals surface area contributed by atoms with Crippen molar-refractivity contribution >= 4 is 22.7 Å². The number of nitrogens with zero attached hydrogens (tertiary/aromatic N) is 3. The van der Waals surface area contributed by atoms with E-state index >= 15 is 0 Å². The molecule has 0 unspecified atom stereocenters. The third-order valence-corrected chi connectivity index (χ3v) is 3.16. The van der Waals surface area contributed by atoms with Gasteiger partial charge < -0.3 is 11.1 Å². The second kappa shape index (κ2) is 5.32. The number of fused-ring (bicyclic) bond motifs is 1. The molecular formula is C15H14FN5. The summed E-state index contributed by atoms with van der Waals surface area (Å²) >= 11 is 0. The van der Waals surface area contributed by atoms with E-state index in [0.717, 1.165) is 5.69 Å². The Morgan fingerprint density at radius 1 is 1.19 bits per heavy atom. The molecule has 0 saturated heterocycles. The Labute approximate surface area is 121 Å². The normalized spacial score (nSPS) is 12.3. The van der Waals surface area contributed by atoms with E-state index in [0.29, 0.717) is 16.7 Å². The third kappa shape index (κ3) is 2.74. The zero-order valence-electron chi connectivity index (χ0n) is 11.4. The molecule has 5 nitrogen and oxygen atoms in total. The lowest BCUT2D eigenvalue weighted by Crippen LogP contribution is -2.11. The molecular weight excluding hydrogens is 269 g/mol. The summed E-state index contributed by atoms with van der Waals surface area (Å²) in [6, 6.07) is 9.98. The van der Waals surface area contributed by atoms with Crippen molar-refractivity contribution in [2.24, 2.45) is 0 Å². The van der Waals surface area contributed by atoms with Gasteiger partial charge in [-0.05, 0) is 31.2 Å². The van der Waals surface area contributed by atoms with Gasteiger partial charge in [0.25, 0.3) is 0 Å². The van der Waals surface area contributed by atoms with Crippen molar-refractivity contribution in [1.82, 2.24) is 15.0 Å². The maximum atomic E-state index is 13.3. The zero-order chi connectivity index (χ0) is 14.8. The van der Waals surface area contributed by atoms with Gasteiger partial charge in [-0.1, -0.05) is 6.07 Å². The number of hydrogen-bond acceptors (Lipinski definition) is 5. The van der Waals surface area contributed by atoms with Gasteiger partial charge in [0.05, 0.1) is 17.3 Å². The summed E-state index contributed by atoms with van der Waals surface area (Å²) in [7, 11) is 0. The van der Waals surface area contributed by atoms with Gasteiger partial charge in [-0.15, -0.1) is 0 Å². The van der Waals surface area contributed by atoms with E-state index in [1.54, 1.807) is 12.3 Å². The molecule has 0 fully saturated rings. The van der Waals surface area contributed by atoms with Gasteiger partial charge in [-0.2, -0.15) is 4.98 Å². The van der Waals surface area contributed by atoms with Crippen molar-refractivity contribution in [1.29, 1.82) is 0 Å². The lowest BCUT2D eigenvalue weighted by molar-refractivity contribution is 0.629. The van der Waals surface area contributed by atoms with Crippen LogP contribution in [0.5, 0.6) is 0 Å². The SMILES string of the molecule is C[C@@H](Nc1nc(N)nc2cc(F)ccc12)c1ccccn1. The van der Waals surface area contributed by atoms with Crippen LogP contribution in [0.4, 0.5) is 16.2 Å². The number of nitrogens with one attached hydrogen (secondary N) is 1. The maximum absolute atomic E-state index is 13.3. The third-order valence-electron chi connectivity index (χ3n) is 3.16. The molecule has 0 aliphatic rings. The van der Waals surface area contributed by atoms with Gasteiger partial charge in [0.2, 0.25) is 5.95 Å². The molecule has 6 heteroatoms. The topological polar surface area (TPSA) is 76.7 Å². The highest BCUT2D eigenvalue weighted by molar-refractivity contribution is 5.90. The Hall–Kier alpha value is -2.76. The molecule has 0 saturated carbocycles. The average Bonchev–Trinajstić information content (AvgIpc) is 2.47. The molecule has 0 spiro atoms. The van der Waals surface area contributed by atoms with Crippen LogP contribution in [0.25, 0.3) is 10.9 Å². The summed E-state index contributed by atoms with van der Waals surface area (Å²) in [6.07, 6.45) is 1.73. The Morgan fingerprint density at radius 3 is 2.81 bits per heavy atom. The fourth-order valence-electron chi connectivity index (χ4n) is 2.14. The van der Waals surface area contributed by atoms with Gasteiger partial charge in [0, 0.05) is 17.6 Å². The van der Waals surface area contributed by atoms with Crippen molar-refractivity contribution < 1.29 is 4.39 Å². The van der Waals surface area contributed by atoms with Crippen LogP contribution in [0.2, 0.25) is 0 Å². The van der Waals surface area contributed by atoms with Crippen LogP contribution in [0, 0.1) is 5.82 Å². The van der Waals surface area contributed by atoms with Crippen LogP contribution in [0.3, 0.4) is 0 Å². The fourth-order valence-corrected chi connectivity index (χ4v) is 2.14. The summed E-state index contributed by atoms with van der Waals surface area (Å²) in [5.74, 6) is 0.309. The molecule has 1 atom stereocenters. The lowest BCUT2D eigenvalue weighted by atomic mass is 10.2. The number of aromatic nitrogens is 3. The number of benzene rings is 1. The quantitative estimate of drug-likeness (QED) is 0.773. The van der Waals surface area contributed by atoms with Crippen LogP contribution in [0.15, 0.2) is 42.6 Å². The Kier molecular flexibility index (Phi) is 3.35. The summed E-state index contributed by atoms with van der Waals surface area (Å²) < 4.78 is 13.3. The predicted molar refractivity (Wildman–Crippen MR) is 80.2 cm³/mol. The van der Waals surface area contributed by atoms with Crippen LogP contribution in [-0.4, -0.2) is 15.0 Å². The lowest BCUT2D eigenvalue weighted by Gasteiger charge is -2.15. The van der Waals surface area contributed by atoms with E-state index in [1.807, 2.05) is 25.1 Å². The minimum absolute atomic E-state index is 0.0613. The van der Waals surface area contributed by atoms with Crippen LogP contribution >= 0.6 is 0 Å². The molecule has 0 bridgehead atoms. The molecule has 1 aromatic carbocycles. The summed E-state index contributed by atoms with van der Waals surface area (Å²) in [4.78, 5) is 12.5. The average molecular weight is 283 g/mol. The van der Waals surface area contributed by atoms with Crippen LogP contribution < -0.4 is 11.1 Å². The zero-order valence-corrected chi connectivity index (χ0v) is 11.4. The van der Waals surface area contributed by atoms with E-state index in [-0.39, 0.29) is 17.8 Å². The Balaban J connectivity index is 2.00. The number of hydrogen-bond donors (Lipinski definition) is 2. The molecule has 3 aromatic rings. The molecule has 2 heterocycles. The number of anilines is 2. The number of halogens is 1. The first-order valence-electron chi connectivity index (χ1n) is 6.54. The molecule has 21 heavy (non-hydrogen) atoms. The second-order valence-electron chi connectivity index (χ2n) is 4.71. The highest BCUT2D eigenvalue weighted by Gasteiger charge is 2.12. The number of nitrogen functional groups attached to an aromatic ring is 1. The first-order chi connectivity index (χ1) is 10.1. The minimum atomic E-state index is -0.357. The van der Waals surface area contributed by atoms with E-state index < -0.39 is 0 Å². The fraction of sp³-hybridized carbons (Fsp3) is 0.133. The number of pyridine rings is 1. The van der Waals surface area contributed by atoms with E-state index in [4.69, 9.17) is 5.73 Å². The monoisotopic (exact) mass is 283 g/mol. The minimum Gasteiger partial charge on any atom is -0.368 e.